The minimum absolute atomic E-state index is 0.0172. The molecule has 0 amide bonds. The molecule has 0 aliphatic heterocycles. The zero-order chi connectivity index (χ0) is 34.3. The summed E-state index contributed by atoms with van der Waals surface area (Å²) in [6.07, 6.45) is 0. The van der Waals surface area contributed by atoms with Crippen LogP contribution in [0.5, 0.6) is 11.5 Å². The van der Waals surface area contributed by atoms with Crippen LogP contribution in [0.25, 0.3) is 32.7 Å². The van der Waals surface area contributed by atoms with E-state index in [1.165, 1.54) is 0 Å². The van der Waals surface area contributed by atoms with Gasteiger partial charge in [-0.1, -0.05) is 158 Å². The molecule has 0 saturated heterocycles. The lowest BCUT2D eigenvalue weighted by atomic mass is 9.79. The van der Waals surface area contributed by atoms with Crippen LogP contribution in [0, 0.1) is 0 Å². The molecule has 0 unspecified atom stereocenters. The van der Waals surface area contributed by atoms with E-state index in [9.17, 15) is 20.4 Å². The van der Waals surface area contributed by atoms with Crippen molar-refractivity contribution in [3.63, 3.8) is 0 Å². The quantitative estimate of drug-likeness (QED) is 0.130. The molecule has 4 N–H and O–H groups in total. The molecule has 0 aliphatic carbocycles. The normalized spacial score (nSPS) is 12.0. The number of phenolic OH excluding ortho intramolecular Hbond substituents is 2. The summed E-state index contributed by atoms with van der Waals surface area (Å²) >= 11 is 0. The molecule has 8 aromatic carbocycles. The SMILES string of the molecule is Oc1ccc2cc(C(O)(c3ccccc3)c3ccccc3)ccc2c1-c1c(O)ccc2cc(C(O)(c3ccccc3)c3ccccc3)ccc12. The van der Waals surface area contributed by atoms with Gasteiger partial charge in [-0.25, -0.2) is 0 Å². The molecule has 0 atom stereocenters. The highest BCUT2D eigenvalue weighted by Gasteiger charge is 2.35. The molecule has 0 radical (unpaired) electrons. The number of aromatic hydroxyl groups is 2. The third-order valence-corrected chi connectivity index (χ3v) is 9.85. The van der Waals surface area contributed by atoms with Gasteiger partial charge in [-0.15, -0.1) is 0 Å². The van der Waals surface area contributed by atoms with Crippen LogP contribution < -0.4 is 0 Å². The first-order valence-corrected chi connectivity index (χ1v) is 16.6. The summed E-state index contributed by atoms with van der Waals surface area (Å²) in [5.41, 5.74) is 2.39. The Balaban J connectivity index is 1.31. The lowest BCUT2D eigenvalue weighted by molar-refractivity contribution is 0.125. The predicted molar refractivity (Wildman–Crippen MR) is 200 cm³/mol. The lowest BCUT2D eigenvalue weighted by Crippen LogP contribution is -2.28. The standard InChI is InChI=1S/C46H34O4/c47-41-27-21-31-29-37(45(49,33-13-5-1-6-14-33)34-15-7-2-8-16-34)23-25-39(31)43(41)44-40-26-24-38(30-32(40)22-28-42(44)48)46(50,35-17-9-3-10-18-35)36-19-11-4-12-20-36/h1-30,47-50H. The minimum Gasteiger partial charge on any atom is -0.507 e. The van der Waals surface area contributed by atoms with Gasteiger partial charge in [0.05, 0.1) is 0 Å². The van der Waals surface area contributed by atoms with Gasteiger partial charge in [0.15, 0.2) is 0 Å². The highest BCUT2D eigenvalue weighted by molar-refractivity contribution is 6.10. The van der Waals surface area contributed by atoms with E-state index >= 15 is 0 Å². The van der Waals surface area contributed by atoms with E-state index < -0.39 is 11.2 Å². The summed E-state index contributed by atoms with van der Waals surface area (Å²) in [5.74, 6) is 0.0344. The number of benzene rings is 8. The van der Waals surface area contributed by atoms with Gasteiger partial charge in [-0.05, 0) is 79.2 Å². The van der Waals surface area contributed by atoms with E-state index in [2.05, 4.69) is 0 Å². The molecule has 4 heteroatoms. The Morgan fingerprint density at radius 2 is 0.600 bits per heavy atom. The van der Waals surface area contributed by atoms with Crippen LogP contribution in [0.2, 0.25) is 0 Å². The Bertz CT molecular complexity index is 2200. The van der Waals surface area contributed by atoms with Crippen LogP contribution in [0.4, 0.5) is 0 Å². The summed E-state index contributed by atoms with van der Waals surface area (Å²) in [7, 11) is 0. The topological polar surface area (TPSA) is 80.9 Å². The highest BCUT2D eigenvalue weighted by Crippen LogP contribution is 2.47. The van der Waals surface area contributed by atoms with E-state index in [0.29, 0.717) is 33.0 Å². The minimum atomic E-state index is -1.43. The summed E-state index contributed by atoms with van der Waals surface area (Å²) < 4.78 is 0. The average Bonchev–Trinajstić information content (AvgIpc) is 3.18. The molecule has 8 aromatic rings. The Morgan fingerprint density at radius 1 is 0.300 bits per heavy atom. The Kier molecular flexibility index (Phi) is 7.68. The van der Waals surface area contributed by atoms with E-state index in [1.54, 1.807) is 12.1 Å². The number of aliphatic hydroxyl groups is 2. The van der Waals surface area contributed by atoms with Crippen LogP contribution in [0.1, 0.15) is 33.4 Å². The largest absolute Gasteiger partial charge is 0.507 e. The molecule has 0 aliphatic rings. The van der Waals surface area contributed by atoms with Gasteiger partial charge >= 0.3 is 0 Å². The maximum atomic E-state index is 12.5. The first kappa shape index (κ1) is 31.1. The molecule has 4 nitrogen and oxygen atoms in total. The van der Waals surface area contributed by atoms with Crippen LogP contribution in [0.3, 0.4) is 0 Å². The van der Waals surface area contributed by atoms with Crippen molar-refractivity contribution in [2.24, 2.45) is 0 Å². The molecule has 50 heavy (non-hydrogen) atoms. The first-order valence-electron chi connectivity index (χ1n) is 16.6. The summed E-state index contributed by atoms with van der Waals surface area (Å²) in [6.45, 7) is 0. The van der Waals surface area contributed by atoms with Crippen LogP contribution >= 0.6 is 0 Å². The molecule has 0 bridgehead atoms. The molecular formula is C46H34O4. The fourth-order valence-corrected chi connectivity index (χ4v) is 7.33. The Morgan fingerprint density at radius 3 is 0.900 bits per heavy atom. The fourth-order valence-electron chi connectivity index (χ4n) is 7.33. The highest BCUT2D eigenvalue weighted by atomic mass is 16.3. The van der Waals surface area contributed by atoms with Gasteiger partial charge in [-0.3, -0.25) is 0 Å². The Labute approximate surface area is 290 Å². The number of hydrogen-bond acceptors (Lipinski definition) is 4. The van der Waals surface area contributed by atoms with Gasteiger partial charge in [0.1, 0.15) is 22.7 Å². The Hall–Kier alpha value is -6.20. The molecule has 0 saturated carbocycles. The second-order valence-electron chi connectivity index (χ2n) is 12.7. The molecule has 0 fully saturated rings. The third-order valence-electron chi connectivity index (χ3n) is 9.85. The van der Waals surface area contributed by atoms with Crippen LogP contribution in [-0.2, 0) is 11.2 Å². The number of fused-ring (bicyclic) bond motifs is 2. The average molecular weight is 651 g/mol. The van der Waals surface area contributed by atoms with Crippen molar-refractivity contribution in [1.82, 2.24) is 0 Å². The smallest absolute Gasteiger partial charge is 0.140 e. The van der Waals surface area contributed by atoms with Crippen molar-refractivity contribution < 1.29 is 20.4 Å². The second-order valence-corrected chi connectivity index (χ2v) is 12.7. The number of rotatable bonds is 7. The van der Waals surface area contributed by atoms with Gasteiger partial charge in [0.2, 0.25) is 0 Å². The van der Waals surface area contributed by atoms with E-state index in [4.69, 9.17) is 0 Å². The van der Waals surface area contributed by atoms with Crippen LogP contribution in [0.15, 0.2) is 182 Å². The van der Waals surface area contributed by atoms with Crippen LogP contribution in [-0.4, -0.2) is 20.4 Å². The van der Waals surface area contributed by atoms with Gasteiger partial charge in [0.25, 0.3) is 0 Å². The molecular weight excluding hydrogens is 617 g/mol. The van der Waals surface area contributed by atoms with E-state index in [1.807, 2.05) is 170 Å². The fraction of sp³-hybridized carbons (Fsp3) is 0.0435. The van der Waals surface area contributed by atoms with Crippen molar-refractivity contribution in [3.8, 4) is 22.6 Å². The molecule has 0 heterocycles. The van der Waals surface area contributed by atoms with Gasteiger partial charge in [0, 0.05) is 11.1 Å². The van der Waals surface area contributed by atoms with E-state index in [-0.39, 0.29) is 11.5 Å². The third kappa shape index (κ3) is 5.01. The predicted octanol–water partition coefficient (Wildman–Crippen LogP) is 9.64. The van der Waals surface area contributed by atoms with Crippen molar-refractivity contribution in [3.05, 3.63) is 215 Å². The van der Waals surface area contributed by atoms with E-state index in [0.717, 1.165) is 33.0 Å². The zero-order valence-corrected chi connectivity index (χ0v) is 27.1. The number of phenols is 2. The molecule has 0 aromatic heterocycles. The molecule has 8 rings (SSSR count). The monoisotopic (exact) mass is 650 g/mol. The van der Waals surface area contributed by atoms with Crippen molar-refractivity contribution in [2.45, 2.75) is 11.2 Å². The van der Waals surface area contributed by atoms with Crippen molar-refractivity contribution in [2.75, 3.05) is 0 Å². The zero-order valence-electron chi connectivity index (χ0n) is 27.1. The maximum Gasteiger partial charge on any atom is 0.140 e. The number of hydrogen-bond donors (Lipinski definition) is 4. The van der Waals surface area contributed by atoms with Crippen molar-refractivity contribution >= 4 is 21.5 Å². The summed E-state index contributed by atoms with van der Waals surface area (Å²) in [4.78, 5) is 0. The summed E-state index contributed by atoms with van der Waals surface area (Å²) in [6, 6.07) is 56.7. The summed E-state index contributed by atoms with van der Waals surface area (Å²) in [5, 5.41) is 50.7. The lowest BCUT2D eigenvalue weighted by Gasteiger charge is -2.31. The van der Waals surface area contributed by atoms with Gasteiger partial charge in [-0.2, -0.15) is 0 Å². The molecule has 0 spiro atoms. The van der Waals surface area contributed by atoms with Gasteiger partial charge < -0.3 is 20.4 Å². The first-order chi connectivity index (χ1) is 24.4. The second kappa shape index (κ2) is 12.4. The maximum absolute atomic E-state index is 12.5. The van der Waals surface area contributed by atoms with Crippen molar-refractivity contribution in [1.29, 1.82) is 0 Å². The molecule has 242 valence electrons.